The van der Waals surface area contributed by atoms with Crippen molar-refractivity contribution in [2.24, 2.45) is 0 Å². The molecule has 2 N–H and O–H groups in total. The zero-order valence-corrected chi connectivity index (χ0v) is 11.5. The second kappa shape index (κ2) is 5.29. The Balaban J connectivity index is 2.31. The number of hydrogen-bond acceptors (Lipinski definition) is 3. The van der Waals surface area contributed by atoms with Crippen LogP contribution in [0.3, 0.4) is 0 Å². The third-order valence-electron chi connectivity index (χ3n) is 3.97. The second-order valence-electron chi connectivity index (χ2n) is 5.57. The van der Waals surface area contributed by atoms with Gasteiger partial charge in [0.25, 0.3) is 0 Å². The van der Waals surface area contributed by atoms with E-state index >= 15 is 0 Å². The number of phenols is 1. The van der Waals surface area contributed by atoms with Crippen molar-refractivity contribution in [3.8, 4) is 5.75 Å². The van der Waals surface area contributed by atoms with Crippen LogP contribution in [-0.2, 0) is 10.2 Å². The van der Waals surface area contributed by atoms with Crippen molar-refractivity contribution in [2.45, 2.75) is 38.7 Å². The van der Waals surface area contributed by atoms with E-state index in [0.717, 1.165) is 25.1 Å². The molecule has 1 unspecified atom stereocenters. The Bertz CT molecular complexity index is 409. The highest BCUT2D eigenvalue weighted by Gasteiger charge is 2.23. The maximum Gasteiger partial charge on any atom is 0.121 e. The average Bonchev–Trinajstić information content (AvgIpc) is 2.40. The minimum Gasteiger partial charge on any atom is -0.508 e. The van der Waals surface area contributed by atoms with E-state index in [4.69, 9.17) is 4.74 Å². The molecule has 2 rings (SSSR count). The van der Waals surface area contributed by atoms with Gasteiger partial charge in [-0.1, -0.05) is 26.8 Å². The van der Waals surface area contributed by atoms with E-state index in [1.807, 2.05) is 6.07 Å². The van der Waals surface area contributed by atoms with Gasteiger partial charge < -0.3 is 15.2 Å². The van der Waals surface area contributed by atoms with Gasteiger partial charge in [-0.25, -0.2) is 0 Å². The van der Waals surface area contributed by atoms with Gasteiger partial charge in [-0.15, -0.1) is 0 Å². The van der Waals surface area contributed by atoms with Crippen molar-refractivity contribution in [2.75, 3.05) is 19.7 Å². The molecule has 100 valence electrons. The Morgan fingerprint density at radius 3 is 2.83 bits per heavy atom. The zero-order chi connectivity index (χ0) is 13.2. The molecule has 3 heteroatoms. The molecule has 0 radical (unpaired) electrons. The fraction of sp³-hybridized carbons (Fsp3) is 0.600. The van der Waals surface area contributed by atoms with E-state index in [0.29, 0.717) is 12.4 Å². The molecule has 1 fully saturated rings. The maximum absolute atomic E-state index is 10.0. The largest absolute Gasteiger partial charge is 0.508 e. The summed E-state index contributed by atoms with van der Waals surface area (Å²) in [5.41, 5.74) is 2.29. The van der Waals surface area contributed by atoms with Gasteiger partial charge in [0.1, 0.15) is 5.75 Å². The normalized spacial score (nSPS) is 20.9. The lowest BCUT2D eigenvalue weighted by molar-refractivity contribution is 0.0262. The van der Waals surface area contributed by atoms with Crippen molar-refractivity contribution in [1.29, 1.82) is 0 Å². The van der Waals surface area contributed by atoms with E-state index in [1.165, 1.54) is 5.56 Å². The van der Waals surface area contributed by atoms with Crippen molar-refractivity contribution in [3.63, 3.8) is 0 Å². The van der Waals surface area contributed by atoms with Gasteiger partial charge in [0.05, 0.1) is 12.7 Å². The number of nitrogens with one attached hydrogen (secondary N) is 1. The topological polar surface area (TPSA) is 41.5 Å². The average molecular weight is 249 g/mol. The molecule has 0 aliphatic carbocycles. The van der Waals surface area contributed by atoms with Crippen LogP contribution in [0.15, 0.2) is 18.2 Å². The molecule has 3 nitrogen and oxygen atoms in total. The Morgan fingerprint density at radius 2 is 2.22 bits per heavy atom. The summed E-state index contributed by atoms with van der Waals surface area (Å²) in [5, 5.41) is 13.3. The summed E-state index contributed by atoms with van der Waals surface area (Å²) in [6.45, 7) is 8.99. The second-order valence-corrected chi connectivity index (χ2v) is 5.57. The minimum atomic E-state index is -0.0358. The van der Waals surface area contributed by atoms with Crippen LogP contribution in [0.25, 0.3) is 0 Å². The minimum absolute atomic E-state index is 0.0358. The summed E-state index contributed by atoms with van der Waals surface area (Å²) in [5.74, 6) is 0.333. The number of benzene rings is 1. The fourth-order valence-electron chi connectivity index (χ4n) is 2.20. The van der Waals surface area contributed by atoms with Crippen LogP contribution in [0.1, 0.15) is 44.4 Å². The maximum atomic E-state index is 10.0. The Hall–Kier alpha value is -1.06. The standard InChI is InChI=1S/C15H23NO2/c1-4-15(2,3)11-5-6-13(17)12(9-11)14-10-16-7-8-18-14/h5-6,9,14,16-17H,4,7-8,10H2,1-3H3. The molecule has 1 saturated heterocycles. The van der Waals surface area contributed by atoms with Crippen LogP contribution in [0.5, 0.6) is 5.75 Å². The molecule has 1 aromatic rings. The molecule has 1 aromatic carbocycles. The van der Waals surface area contributed by atoms with Crippen LogP contribution < -0.4 is 5.32 Å². The van der Waals surface area contributed by atoms with Gasteiger partial charge in [0, 0.05) is 18.7 Å². The highest BCUT2D eigenvalue weighted by atomic mass is 16.5. The lowest BCUT2D eigenvalue weighted by Gasteiger charge is -2.28. The molecule has 1 heterocycles. The van der Waals surface area contributed by atoms with Crippen LogP contribution in [-0.4, -0.2) is 24.8 Å². The van der Waals surface area contributed by atoms with Crippen LogP contribution in [0.2, 0.25) is 0 Å². The number of hydrogen-bond donors (Lipinski definition) is 2. The first-order chi connectivity index (χ1) is 8.54. The predicted octanol–water partition coefficient (Wildman–Crippen LogP) is 2.74. The molecular formula is C15H23NO2. The van der Waals surface area contributed by atoms with E-state index < -0.39 is 0 Å². The number of phenolic OH excluding ortho intramolecular Hbond substituents is 1. The first kappa shape index (κ1) is 13.4. The van der Waals surface area contributed by atoms with Gasteiger partial charge in [-0.2, -0.15) is 0 Å². The number of aromatic hydroxyl groups is 1. The van der Waals surface area contributed by atoms with Gasteiger partial charge in [0.15, 0.2) is 0 Å². The summed E-state index contributed by atoms with van der Waals surface area (Å²) in [6, 6.07) is 5.90. The summed E-state index contributed by atoms with van der Waals surface area (Å²) in [4.78, 5) is 0. The Morgan fingerprint density at radius 1 is 1.44 bits per heavy atom. The third kappa shape index (κ3) is 2.68. The molecule has 1 aliphatic rings. The molecule has 0 spiro atoms. The number of rotatable bonds is 3. The molecule has 1 aliphatic heterocycles. The third-order valence-corrected chi connectivity index (χ3v) is 3.97. The van der Waals surface area contributed by atoms with Crippen LogP contribution >= 0.6 is 0 Å². The summed E-state index contributed by atoms with van der Waals surface area (Å²) in [6.07, 6.45) is 1.03. The van der Waals surface area contributed by atoms with Gasteiger partial charge in [-0.3, -0.25) is 0 Å². The van der Waals surface area contributed by atoms with E-state index in [2.05, 4.69) is 32.2 Å². The van der Waals surface area contributed by atoms with Gasteiger partial charge in [-0.05, 0) is 29.5 Å². The summed E-state index contributed by atoms with van der Waals surface area (Å²) >= 11 is 0. The zero-order valence-electron chi connectivity index (χ0n) is 11.5. The molecule has 1 atom stereocenters. The fourth-order valence-corrected chi connectivity index (χ4v) is 2.20. The summed E-state index contributed by atoms with van der Waals surface area (Å²) in [7, 11) is 0. The van der Waals surface area contributed by atoms with Crippen LogP contribution in [0.4, 0.5) is 0 Å². The Kier molecular flexibility index (Phi) is 3.93. The first-order valence-corrected chi connectivity index (χ1v) is 6.70. The first-order valence-electron chi connectivity index (χ1n) is 6.70. The quantitative estimate of drug-likeness (QED) is 0.865. The van der Waals surface area contributed by atoms with Crippen molar-refractivity contribution >= 4 is 0 Å². The molecule has 18 heavy (non-hydrogen) atoms. The van der Waals surface area contributed by atoms with E-state index in [1.54, 1.807) is 6.07 Å². The van der Waals surface area contributed by atoms with E-state index in [-0.39, 0.29) is 11.5 Å². The lowest BCUT2D eigenvalue weighted by Crippen LogP contribution is -2.33. The van der Waals surface area contributed by atoms with E-state index in [9.17, 15) is 5.11 Å². The molecular weight excluding hydrogens is 226 g/mol. The molecule has 0 bridgehead atoms. The molecule has 0 saturated carbocycles. The molecule has 0 amide bonds. The van der Waals surface area contributed by atoms with Gasteiger partial charge >= 0.3 is 0 Å². The SMILES string of the molecule is CCC(C)(C)c1ccc(O)c(C2CNCCO2)c1. The lowest BCUT2D eigenvalue weighted by atomic mass is 9.81. The monoisotopic (exact) mass is 249 g/mol. The molecule has 0 aromatic heterocycles. The smallest absolute Gasteiger partial charge is 0.121 e. The highest BCUT2D eigenvalue weighted by molar-refractivity contribution is 5.40. The highest BCUT2D eigenvalue weighted by Crippen LogP contribution is 2.34. The van der Waals surface area contributed by atoms with Crippen molar-refractivity contribution < 1.29 is 9.84 Å². The Labute approximate surface area is 109 Å². The number of ether oxygens (including phenoxy) is 1. The van der Waals surface area contributed by atoms with Gasteiger partial charge in [0.2, 0.25) is 0 Å². The summed E-state index contributed by atoms with van der Waals surface area (Å²) < 4.78 is 5.72. The van der Waals surface area contributed by atoms with Crippen molar-refractivity contribution in [1.82, 2.24) is 5.32 Å². The predicted molar refractivity (Wildman–Crippen MR) is 73.0 cm³/mol. The number of morpholine rings is 1. The van der Waals surface area contributed by atoms with Crippen LogP contribution in [0, 0.1) is 0 Å². The van der Waals surface area contributed by atoms with Crippen molar-refractivity contribution in [3.05, 3.63) is 29.3 Å².